The highest BCUT2D eigenvalue weighted by atomic mass is 15.0. The van der Waals surface area contributed by atoms with Gasteiger partial charge in [-0.1, -0.05) is 32.0 Å². The molecule has 0 radical (unpaired) electrons. The van der Waals surface area contributed by atoms with Gasteiger partial charge in [0.1, 0.15) is 5.54 Å². The van der Waals surface area contributed by atoms with Crippen LogP contribution in [0.2, 0.25) is 0 Å². The van der Waals surface area contributed by atoms with Crippen LogP contribution in [0.3, 0.4) is 0 Å². The molecule has 2 heteroatoms. The molecular formula is C15H20N2. The van der Waals surface area contributed by atoms with Gasteiger partial charge in [-0.2, -0.15) is 5.26 Å². The highest BCUT2D eigenvalue weighted by Gasteiger charge is 2.37. The van der Waals surface area contributed by atoms with Crippen LogP contribution in [0.25, 0.3) is 0 Å². The Kier molecular flexibility index (Phi) is 3.38. The fourth-order valence-corrected chi connectivity index (χ4v) is 2.65. The zero-order valence-electron chi connectivity index (χ0n) is 10.6. The van der Waals surface area contributed by atoms with Gasteiger partial charge in [0.2, 0.25) is 0 Å². The van der Waals surface area contributed by atoms with E-state index in [9.17, 15) is 5.26 Å². The van der Waals surface area contributed by atoms with Crippen molar-refractivity contribution in [2.45, 2.75) is 38.6 Å². The summed E-state index contributed by atoms with van der Waals surface area (Å²) in [6.07, 6.45) is 3.03. The number of para-hydroxylation sites is 1. The molecule has 1 aromatic rings. The topological polar surface area (TPSA) is 35.8 Å². The fraction of sp³-hybridized carbons (Fsp3) is 0.533. The molecule has 3 atom stereocenters. The molecule has 1 aromatic carbocycles. The summed E-state index contributed by atoms with van der Waals surface area (Å²) in [6, 6.07) is 12.6. The van der Waals surface area contributed by atoms with Crippen molar-refractivity contribution in [2.75, 3.05) is 5.32 Å². The van der Waals surface area contributed by atoms with E-state index >= 15 is 0 Å². The average molecular weight is 228 g/mol. The summed E-state index contributed by atoms with van der Waals surface area (Å²) in [6.45, 7) is 4.54. The number of benzene rings is 1. The summed E-state index contributed by atoms with van der Waals surface area (Å²) in [5, 5.41) is 12.9. The smallest absolute Gasteiger partial charge is 0.125 e. The SMILES string of the molecule is CC1CCC(C#N)(Nc2ccccc2)CC1C. The number of hydrogen-bond acceptors (Lipinski definition) is 2. The molecule has 3 unspecified atom stereocenters. The second kappa shape index (κ2) is 4.79. The van der Waals surface area contributed by atoms with Crippen molar-refractivity contribution in [3.05, 3.63) is 30.3 Å². The number of nitriles is 1. The van der Waals surface area contributed by atoms with Gasteiger partial charge in [-0.15, -0.1) is 0 Å². The van der Waals surface area contributed by atoms with E-state index < -0.39 is 0 Å². The van der Waals surface area contributed by atoms with E-state index in [2.05, 4.69) is 25.2 Å². The largest absolute Gasteiger partial charge is 0.367 e. The van der Waals surface area contributed by atoms with Gasteiger partial charge in [-0.25, -0.2) is 0 Å². The second-order valence-corrected chi connectivity index (χ2v) is 5.38. The molecule has 1 saturated carbocycles. The van der Waals surface area contributed by atoms with Crippen molar-refractivity contribution < 1.29 is 0 Å². The van der Waals surface area contributed by atoms with Crippen LogP contribution in [0.1, 0.15) is 33.1 Å². The third-order valence-corrected chi connectivity index (χ3v) is 4.04. The highest BCUT2D eigenvalue weighted by Crippen LogP contribution is 2.37. The van der Waals surface area contributed by atoms with Gasteiger partial charge in [-0.3, -0.25) is 0 Å². The molecule has 0 bridgehead atoms. The van der Waals surface area contributed by atoms with E-state index in [1.807, 2.05) is 30.3 Å². The molecule has 2 nitrogen and oxygen atoms in total. The summed E-state index contributed by atoms with van der Waals surface area (Å²) in [5.74, 6) is 1.34. The highest BCUT2D eigenvalue weighted by molar-refractivity contribution is 5.47. The molecule has 0 saturated heterocycles. The van der Waals surface area contributed by atoms with Crippen molar-refractivity contribution in [3.8, 4) is 6.07 Å². The maximum Gasteiger partial charge on any atom is 0.125 e. The Bertz CT molecular complexity index is 407. The molecule has 1 aliphatic carbocycles. The first-order valence-corrected chi connectivity index (χ1v) is 6.40. The Morgan fingerprint density at radius 3 is 2.53 bits per heavy atom. The number of anilines is 1. The predicted molar refractivity (Wildman–Crippen MR) is 70.6 cm³/mol. The van der Waals surface area contributed by atoms with E-state index in [0.29, 0.717) is 5.92 Å². The number of hydrogen-bond donors (Lipinski definition) is 1. The van der Waals surface area contributed by atoms with Gasteiger partial charge in [0.05, 0.1) is 6.07 Å². The van der Waals surface area contributed by atoms with Gasteiger partial charge in [0.15, 0.2) is 0 Å². The number of nitrogens with zero attached hydrogens (tertiary/aromatic N) is 1. The van der Waals surface area contributed by atoms with Crippen LogP contribution in [0.15, 0.2) is 30.3 Å². The van der Waals surface area contributed by atoms with Gasteiger partial charge >= 0.3 is 0 Å². The zero-order chi connectivity index (χ0) is 12.3. The Balaban J connectivity index is 2.14. The number of nitrogens with one attached hydrogen (secondary N) is 1. The van der Waals surface area contributed by atoms with E-state index in [-0.39, 0.29) is 5.54 Å². The minimum atomic E-state index is -0.368. The Morgan fingerprint density at radius 1 is 1.24 bits per heavy atom. The predicted octanol–water partition coefficient (Wildman–Crippen LogP) is 3.82. The molecule has 0 amide bonds. The number of rotatable bonds is 2. The summed E-state index contributed by atoms with van der Waals surface area (Å²) in [5.41, 5.74) is 0.684. The van der Waals surface area contributed by atoms with Crippen LogP contribution < -0.4 is 5.32 Å². The van der Waals surface area contributed by atoms with Crippen LogP contribution in [0.4, 0.5) is 5.69 Å². The average Bonchev–Trinajstić information content (AvgIpc) is 2.35. The molecule has 0 spiro atoms. The van der Waals surface area contributed by atoms with E-state index in [0.717, 1.165) is 30.9 Å². The monoisotopic (exact) mass is 228 g/mol. The second-order valence-electron chi connectivity index (χ2n) is 5.38. The first-order valence-electron chi connectivity index (χ1n) is 6.40. The molecule has 1 fully saturated rings. The van der Waals surface area contributed by atoms with Crippen molar-refractivity contribution >= 4 is 5.69 Å². The lowest BCUT2D eigenvalue weighted by atomic mass is 9.72. The van der Waals surface area contributed by atoms with E-state index in [4.69, 9.17) is 0 Å². The van der Waals surface area contributed by atoms with Crippen LogP contribution in [0, 0.1) is 23.2 Å². The maximum absolute atomic E-state index is 9.49. The Hall–Kier alpha value is -1.49. The molecular weight excluding hydrogens is 208 g/mol. The first kappa shape index (κ1) is 12.0. The van der Waals surface area contributed by atoms with Crippen LogP contribution >= 0.6 is 0 Å². The van der Waals surface area contributed by atoms with Crippen LogP contribution in [-0.4, -0.2) is 5.54 Å². The maximum atomic E-state index is 9.49. The lowest BCUT2D eigenvalue weighted by Gasteiger charge is -2.39. The molecule has 0 heterocycles. The molecule has 2 rings (SSSR count). The molecule has 0 aromatic heterocycles. The Labute approximate surface area is 104 Å². The minimum Gasteiger partial charge on any atom is -0.367 e. The third kappa shape index (κ3) is 2.61. The summed E-state index contributed by atoms with van der Waals surface area (Å²) in [7, 11) is 0. The summed E-state index contributed by atoms with van der Waals surface area (Å²) < 4.78 is 0. The molecule has 0 aliphatic heterocycles. The van der Waals surface area contributed by atoms with Crippen LogP contribution in [0.5, 0.6) is 0 Å². The van der Waals surface area contributed by atoms with E-state index in [1.165, 1.54) is 0 Å². The normalized spacial score (nSPS) is 32.8. The van der Waals surface area contributed by atoms with Crippen LogP contribution in [-0.2, 0) is 0 Å². The molecule has 90 valence electrons. The van der Waals surface area contributed by atoms with E-state index in [1.54, 1.807) is 0 Å². The van der Waals surface area contributed by atoms with Crippen molar-refractivity contribution in [1.29, 1.82) is 5.26 Å². The standard InChI is InChI=1S/C15H20N2/c1-12-8-9-15(11-16,10-13(12)2)17-14-6-4-3-5-7-14/h3-7,12-13,17H,8-10H2,1-2H3. The van der Waals surface area contributed by atoms with Gasteiger partial charge in [0, 0.05) is 5.69 Å². The quantitative estimate of drug-likeness (QED) is 0.835. The Morgan fingerprint density at radius 2 is 1.94 bits per heavy atom. The molecule has 1 N–H and O–H groups in total. The first-order chi connectivity index (χ1) is 8.15. The third-order valence-electron chi connectivity index (χ3n) is 4.04. The van der Waals surface area contributed by atoms with Crippen molar-refractivity contribution in [1.82, 2.24) is 0 Å². The minimum absolute atomic E-state index is 0.368. The van der Waals surface area contributed by atoms with Gasteiger partial charge in [0.25, 0.3) is 0 Å². The van der Waals surface area contributed by atoms with Crippen molar-refractivity contribution in [3.63, 3.8) is 0 Å². The summed E-state index contributed by atoms with van der Waals surface area (Å²) >= 11 is 0. The van der Waals surface area contributed by atoms with Gasteiger partial charge < -0.3 is 5.32 Å². The lowest BCUT2D eigenvalue weighted by molar-refractivity contribution is 0.226. The lowest BCUT2D eigenvalue weighted by Crippen LogP contribution is -2.43. The molecule has 17 heavy (non-hydrogen) atoms. The fourth-order valence-electron chi connectivity index (χ4n) is 2.65. The van der Waals surface area contributed by atoms with Crippen molar-refractivity contribution in [2.24, 2.45) is 11.8 Å². The molecule has 1 aliphatic rings. The zero-order valence-corrected chi connectivity index (χ0v) is 10.6. The van der Waals surface area contributed by atoms with Gasteiger partial charge in [-0.05, 0) is 43.2 Å². The summed E-state index contributed by atoms with van der Waals surface area (Å²) in [4.78, 5) is 0.